The van der Waals surface area contributed by atoms with Crippen molar-refractivity contribution in [3.05, 3.63) is 52.0 Å². The van der Waals surface area contributed by atoms with Crippen LogP contribution in [0.4, 0.5) is 17.1 Å². The molecule has 2 aromatic rings. The normalized spacial score (nSPS) is 24.0. The molecule has 136 valence electrons. The first-order valence-corrected chi connectivity index (χ1v) is 9.83. The van der Waals surface area contributed by atoms with Gasteiger partial charge < -0.3 is 20.3 Å². The van der Waals surface area contributed by atoms with Crippen molar-refractivity contribution in [3.63, 3.8) is 0 Å². The lowest BCUT2D eigenvalue weighted by atomic mass is 9.89. The molecule has 0 saturated carbocycles. The molecule has 0 unspecified atom stereocenters. The Balaban J connectivity index is 1.55. The molecule has 0 aliphatic carbocycles. The number of rotatable bonds is 2. The van der Waals surface area contributed by atoms with Crippen molar-refractivity contribution in [1.82, 2.24) is 5.32 Å². The monoisotopic (exact) mass is 369 g/mol. The number of piperidine rings is 1. The van der Waals surface area contributed by atoms with E-state index in [0.29, 0.717) is 18.6 Å². The molecule has 0 bridgehead atoms. The molecule has 1 fully saturated rings. The van der Waals surface area contributed by atoms with E-state index in [1.165, 1.54) is 23.2 Å². The Kier molecular flexibility index (Phi) is 4.07. The van der Waals surface area contributed by atoms with Gasteiger partial charge in [-0.1, -0.05) is 11.6 Å². The van der Waals surface area contributed by atoms with E-state index in [4.69, 9.17) is 16.3 Å². The number of aryl methyl sites for hydroxylation is 1. The molecular weight excluding hydrogens is 346 g/mol. The summed E-state index contributed by atoms with van der Waals surface area (Å²) in [5.41, 5.74) is 7.50. The van der Waals surface area contributed by atoms with Gasteiger partial charge in [0.25, 0.3) is 0 Å². The first-order chi connectivity index (χ1) is 12.7. The summed E-state index contributed by atoms with van der Waals surface area (Å²) in [6.45, 7) is 6.72. The minimum atomic E-state index is 0.573. The summed E-state index contributed by atoms with van der Waals surface area (Å²) in [5, 5.41) is 7.97. The molecule has 0 amide bonds. The highest BCUT2D eigenvalue weighted by Gasteiger charge is 2.41. The van der Waals surface area contributed by atoms with Crippen molar-refractivity contribution < 1.29 is 4.74 Å². The van der Waals surface area contributed by atoms with Crippen LogP contribution >= 0.6 is 11.6 Å². The minimum absolute atomic E-state index is 0.573. The predicted molar refractivity (Wildman–Crippen MR) is 107 cm³/mol. The fraction of sp³-hybridized carbons (Fsp3) is 0.429. The van der Waals surface area contributed by atoms with E-state index in [0.717, 1.165) is 48.2 Å². The number of ether oxygens (including phenoxy) is 1. The van der Waals surface area contributed by atoms with Crippen LogP contribution in [-0.2, 0) is 11.3 Å². The molecule has 0 aromatic heterocycles. The van der Waals surface area contributed by atoms with Gasteiger partial charge in [-0.2, -0.15) is 0 Å². The van der Waals surface area contributed by atoms with E-state index < -0.39 is 0 Å². The van der Waals surface area contributed by atoms with E-state index in [9.17, 15) is 0 Å². The van der Waals surface area contributed by atoms with Crippen LogP contribution in [-0.4, -0.2) is 32.3 Å². The van der Waals surface area contributed by atoms with Crippen molar-refractivity contribution in [2.24, 2.45) is 0 Å². The maximum atomic E-state index is 6.17. The molecule has 1 saturated heterocycles. The smallest absolute Gasteiger partial charge is 0.0738 e. The Hall–Kier alpha value is -1.75. The largest absolute Gasteiger partial charge is 0.375 e. The van der Waals surface area contributed by atoms with Gasteiger partial charge in [0.2, 0.25) is 0 Å². The summed E-state index contributed by atoms with van der Waals surface area (Å²) in [6.07, 6.45) is 1.21. The molecule has 0 spiro atoms. The van der Waals surface area contributed by atoms with Crippen LogP contribution in [0.2, 0.25) is 5.02 Å². The van der Waals surface area contributed by atoms with Gasteiger partial charge in [0, 0.05) is 52.7 Å². The van der Waals surface area contributed by atoms with Gasteiger partial charge in [-0.3, -0.25) is 0 Å². The molecule has 3 aliphatic rings. The molecule has 26 heavy (non-hydrogen) atoms. The molecule has 2 aromatic carbocycles. The lowest BCUT2D eigenvalue weighted by Crippen LogP contribution is -2.44. The van der Waals surface area contributed by atoms with Crippen molar-refractivity contribution in [2.45, 2.75) is 31.9 Å². The average molecular weight is 370 g/mol. The quantitative estimate of drug-likeness (QED) is 0.832. The topological polar surface area (TPSA) is 36.5 Å². The van der Waals surface area contributed by atoms with Crippen LogP contribution in [0.15, 0.2) is 30.3 Å². The second-order valence-electron chi connectivity index (χ2n) is 7.57. The first kappa shape index (κ1) is 16.4. The SMILES string of the molecule is Cc1cc(Nc2cc3c4c(c2)[C@@H]2CNCC[C@@H]2N4CCOC3)ccc1Cl. The second-order valence-corrected chi connectivity index (χ2v) is 7.98. The van der Waals surface area contributed by atoms with Gasteiger partial charge in [0.1, 0.15) is 0 Å². The third-order valence-corrected chi connectivity index (χ3v) is 6.36. The van der Waals surface area contributed by atoms with Gasteiger partial charge in [-0.15, -0.1) is 0 Å². The fourth-order valence-electron chi connectivity index (χ4n) is 4.75. The number of nitrogens with zero attached hydrogens (tertiary/aromatic N) is 1. The number of nitrogens with one attached hydrogen (secondary N) is 2. The van der Waals surface area contributed by atoms with Crippen LogP contribution < -0.4 is 15.5 Å². The van der Waals surface area contributed by atoms with Crippen molar-refractivity contribution in [1.29, 1.82) is 0 Å². The third-order valence-electron chi connectivity index (χ3n) is 5.93. The van der Waals surface area contributed by atoms with Crippen molar-refractivity contribution in [2.75, 3.05) is 36.5 Å². The van der Waals surface area contributed by atoms with E-state index in [-0.39, 0.29) is 0 Å². The molecular formula is C21H24ClN3O. The van der Waals surface area contributed by atoms with Crippen LogP contribution in [0.3, 0.4) is 0 Å². The minimum Gasteiger partial charge on any atom is -0.375 e. The number of benzene rings is 2. The maximum Gasteiger partial charge on any atom is 0.0738 e. The van der Waals surface area contributed by atoms with Crippen LogP contribution in [0.5, 0.6) is 0 Å². The van der Waals surface area contributed by atoms with E-state index in [2.05, 4.69) is 33.7 Å². The summed E-state index contributed by atoms with van der Waals surface area (Å²) in [6, 6.07) is 11.3. The second kappa shape index (κ2) is 6.45. The summed E-state index contributed by atoms with van der Waals surface area (Å²) >= 11 is 6.17. The summed E-state index contributed by atoms with van der Waals surface area (Å²) in [5.74, 6) is 0.573. The maximum absolute atomic E-state index is 6.17. The highest BCUT2D eigenvalue weighted by Crippen LogP contribution is 2.47. The van der Waals surface area contributed by atoms with E-state index in [1.54, 1.807) is 0 Å². The zero-order valence-electron chi connectivity index (χ0n) is 15.0. The highest BCUT2D eigenvalue weighted by atomic mass is 35.5. The number of fused-ring (bicyclic) bond motifs is 3. The molecule has 2 atom stereocenters. The van der Waals surface area contributed by atoms with Crippen LogP contribution in [0.25, 0.3) is 0 Å². The summed E-state index contributed by atoms with van der Waals surface area (Å²) in [7, 11) is 0. The molecule has 5 heteroatoms. The van der Waals surface area contributed by atoms with Gasteiger partial charge in [0.15, 0.2) is 0 Å². The standard InChI is InChI=1S/C21H24ClN3O/c1-13-8-15(2-3-19(13)22)24-16-9-14-12-26-7-6-25-20-4-5-23-11-18(20)17(10-16)21(14)25/h2-3,8-10,18,20,23-24H,4-7,11-12H2,1H3/t18-,20-/m0/s1. The molecule has 2 N–H and O–H groups in total. The fourth-order valence-corrected chi connectivity index (χ4v) is 4.86. The van der Waals surface area contributed by atoms with Crippen LogP contribution in [0.1, 0.15) is 29.0 Å². The Morgan fingerprint density at radius 1 is 1.23 bits per heavy atom. The summed E-state index contributed by atoms with van der Waals surface area (Å²) in [4.78, 5) is 2.61. The first-order valence-electron chi connectivity index (χ1n) is 9.46. The predicted octanol–water partition coefficient (Wildman–Crippen LogP) is 4.19. The van der Waals surface area contributed by atoms with E-state index >= 15 is 0 Å². The number of hydrogen-bond donors (Lipinski definition) is 2. The van der Waals surface area contributed by atoms with Gasteiger partial charge >= 0.3 is 0 Å². The third kappa shape index (κ3) is 2.68. The van der Waals surface area contributed by atoms with Gasteiger partial charge in [0.05, 0.1) is 13.2 Å². The Labute approximate surface area is 159 Å². The van der Waals surface area contributed by atoms with Gasteiger partial charge in [-0.25, -0.2) is 0 Å². The summed E-state index contributed by atoms with van der Waals surface area (Å²) < 4.78 is 5.90. The van der Waals surface area contributed by atoms with Crippen LogP contribution in [0, 0.1) is 6.92 Å². The van der Waals surface area contributed by atoms with Crippen molar-refractivity contribution in [3.8, 4) is 0 Å². The zero-order valence-corrected chi connectivity index (χ0v) is 15.8. The number of halogens is 1. The molecule has 3 aliphatic heterocycles. The molecule has 0 radical (unpaired) electrons. The number of anilines is 3. The average Bonchev–Trinajstić information content (AvgIpc) is 2.81. The van der Waals surface area contributed by atoms with Gasteiger partial charge in [-0.05, 0) is 61.3 Å². The lowest BCUT2D eigenvalue weighted by Gasteiger charge is -2.33. The Bertz CT molecular complexity index is 853. The highest BCUT2D eigenvalue weighted by molar-refractivity contribution is 6.31. The molecule has 5 rings (SSSR count). The Morgan fingerprint density at radius 3 is 3.04 bits per heavy atom. The molecule has 4 nitrogen and oxygen atoms in total. The molecule has 3 heterocycles. The van der Waals surface area contributed by atoms with Crippen molar-refractivity contribution >= 4 is 28.7 Å². The lowest BCUT2D eigenvalue weighted by molar-refractivity contribution is 0.130. The zero-order chi connectivity index (χ0) is 17.7. The number of hydrogen-bond acceptors (Lipinski definition) is 4. The Morgan fingerprint density at radius 2 is 2.15 bits per heavy atom. The van der Waals surface area contributed by atoms with E-state index in [1.807, 2.05) is 19.1 Å².